The zero-order valence-corrected chi connectivity index (χ0v) is 24.8. The number of aromatic nitrogens is 1. The Kier molecular flexibility index (Phi) is 8.42. The number of aromatic carboxylic acids is 1. The van der Waals surface area contributed by atoms with E-state index in [1.165, 1.54) is 6.20 Å². The number of allylic oxidation sites excluding steroid dienone is 2. The van der Waals surface area contributed by atoms with Gasteiger partial charge in [0.25, 0.3) is 0 Å². The predicted molar refractivity (Wildman–Crippen MR) is 141 cm³/mol. The van der Waals surface area contributed by atoms with Gasteiger partial charge < -0.3 is 9.68 Å². The second-order valence-corrected chi connectivity index (χ2v) is 12.6. The van der Waals surface area contributed by atoms with Gasteiger partial charge in [-0.25, -0.2) is 0 Å². The van der Waals surface area contributed by atoms with E-state index in [0.29, 0.717) is 12.2 Å². The fourth-order valence-electron chi connectivity index (χ4n) is 5.25. The van der Waals surface area contributed by atoms with Crippen LogP contribution in [0.4, 0.5) is 0 Å². The fraction of sp³-hybridized carbons (Fsp3) is 0.464. The monoisotopic (exact) mass is 675 g/mol. The first kappa shape index (κ1) is 27.7. The van der Waals surface area contributed by atoms with Crippen molar-refractivity contribution in [1.82, 2.24) is 4.57 Å². The van der Waals surface area contributed by atoms with Crippen molar-refractivity contribution in [3.63, 3.8) is 0 Å². The summed E-state index contributed by atoms with van der Waals surface area (Å²) in [5.41, 5.74) is 3.52. The van der Waals surface area contributed by atoms with Gasteiger partial charge >= 0.3 is 183 Å². The predicted octanol–water partition coefficient (Wildman–Crippen LogP) is 3.96. The number of hydrogen-bond donors (Lipinski definition) is 2. The van der Waals surface area contributed by atoms with Gasteiger partial charge in [0.2, 0.25) is 0 Å². The van der Waals surface area contributed by atoms with Crippen molar-refractivity contribution >= 4 is 28.0 Å². The molecule has 3 heterocycles. The Morgan fingerprint density at radius 1 is 1.35 bits per heavy atom. The van der Waals surface area contributed by atoms with Crippen molar-refractivity contribution in [1.29, 1.82) is 0 Å². The second kappa shape index (κ2) is 11.2. The topological polar surface area (TPSA) is 98.0 Å². The molecular weight excluding hydrogens is 641 g/mol. The van der Waals surface area contributed by atoms with Crippen LogP contribution in [0.25, 0.3) is 5.57 Å². The van der Waals surface area contributed by atoms with Gasteiger partial charge in [-0.1, -0.05) is 13.0 Å². The van der Waals surface area contributed by atoms with E-state index in [1.54, 1.807) is 0 Å². The molecule has 0 unspecified atom stereocenters. The molecule has 0 fully saturated rings. The van der Waals surface area contributed by atoms with Gasteiger partial charge in [-0.2, -0.15) is 0 Å². The first-order valence-electron chi connectivity index (χ1n) is 12.9. The van der Waals surface area contributed by atoms with Gasteiger partial charge in [0.05, 0.1) is 6.10 Å². The molecule has 0 saturated carbocycles. The van der Waals surface area contributed by atoms with Crippen molar-refractivity contribution in [3.05, 3.63) is 63.1 Å². The summed E-state index contributed by atoms with van der Waals surface area (Å²) >= 11 is 1.16. The first-order valence-corrected chi connectivity index (χ1v) is 14.4. The number of pyridine rings is 1. The molecular formula is C28H34BNO6W. The normalized spacial score (nSPS) is 19.0. The quantitative estimate of drug-likeness (QED) is 0.309. The standard InChI is InChI=1S/C28H34BNO6.W/c1-5-20-25-18(13-14-28(3,4)30(25)17-22(26(20)31)27(32)33)10-8-7-9-15-35-19-11-12-21-23(16-19)29(34)36-24(21)6-2;/h10-12,16-17,24,34H,6-9,13-15H2,1-4H3,(H,32,33);/t24-;/m1./s1. The minimum Gasteiger partial charge on any atom is -0.0532 e. The molecule has 0 aliphatic carbocycles. The van der Waals surface area contributed by atoms with Crippen LogP contribution in [0, 0.1) is 0 Å². The van der Waals surface area contributed by atoms with Crippen molar-refractivity contribution in [3.8, 4) is 5.75 Å². The molecule has 2 aliphatic rings. The van der Waals surface area contributed by atoms with Crippen LogP contribution in [0.2, 0.25) is 0 Å². The van der Waals surface area contributed by atoms with E-state index in [-0.39, 0.29) is 17.2 Å². The number of carbonyl (C=O) groups is 1. The third kappa shape index (κ3) is 5.62. The molecule has 0 bridgehead atoms. The molecule has 0 radical (unpaired) electrons. The van der Waals surface area contributed by atoms with Crippen LogP contribution in [0.1, 0.15) is 99.5 Å². The van der Waals surface area contributed by atoms with Crippen LogP contribution >= 0.6 is 0 Å². The second-order valence-electron chi connectivity index (χ2n) is 10.4. The summed E-state index contributed by atoms with van der Waals surface area (Å²) in [5, 5.41) is 19.8. The van der Waals surface area contributed by atoms with Crippen LogP contribution in [-0.2, 0) is 29.5 Å². The maximum atomic E-state index is 13.1. The van der Waals surface area contributed by atoms with Crippen molar-refractivity contribution in [2.24, 2.45) is 0 Å². The summed E-state index contributed by atoms with van der Waals surface area (Å²) in [4.78, 5) is 24.9. The molecule has 9 heteroatoms. The van der Waals surface area contributed by atoms with Crippen LogP contribution in [0.15, 0.2) is 35.3 Å². The number of hydrogen-bond acceptors (Lipinski definition) is 5. The summed E-state index contributed by atoms with van der Waals surface area (Å²) in [6.45, 7) is 8.69. The molecule has 0 amide bonds. The molecule has 1 atom stereocenters. The molecule has 0 spiro atoms. The number of carboxylic acid groups (broad SMARTS) is 1. The van der Waals surface area contributed by atoms with E-state index in [0.717, 1.165) is 89.8 Å². The summed E-state index contributed by atoms with van der Waals surface area (Å²) in [5.74, 6) is -0.449. The van der Waals surface area contributed by atoms with Gasteiger partial charge in [0.1, 0.15) is 0 Å². The molecule has 1 aromatic carbocycles. The average molecular weight is 675 g/mol. The van der Waals surface area contributed by atoms with Crippen molar-refractivity contribution in [2.45, 2.75) is 77.9 Å². The molecule has 4 rings (SSSR count). The van der Waals surface area contributed by atoms with Crippen LogP contribution in [0.3, 0.4) is 0 Å². The number of fused-ring (bicyclic) bond motifs is 2. The molecule has 1 aromatic heterocycles. The van der Waals surface area contributed by atoms with Crippen molar-refractivity contribution in [2.75, 3.05) is 6.61 Å². The number of carboxylic acids is 1. The summed E-state index contributed by atoms with van der Waals surface area (Å²) in [6.07, 6.45) is 8.85. The third-order valence-electron chi connectivity index (χ3n) is 7.35. The molecule has 37 heavy (non-hydrogen) atoms. The van der Waals surface area contributed by atoms with E-state index in [9.17, 15) is 19.7 Å². The molecule has 2 aliphatic heterocycles. The van der Waals surface area contributed by atoms with E-state index in [2.05, 4.69) is 19.9 Å². The van der Waals surface area contributed by atoms with Gasteiger partial charge in [-0.15, -0.1) is 0 Å². The van der Waals surface area contributed by atoms with Crippen LogP contribution < -0.4 is 15.6 Å². The van der Waals surface area contributed by atoms with Crippen molar-refractivity contribution < 1.29 is 43.7 Å². The van der Waals surface area contributed by atoms with E-state index in [1.807, 2.05) is 36.6 Å². The fourth-order valence-corrected chi connectivity index (χ4v) is 5.93. The Morgan fingerprint density at radius 2 is 2.11 bits per heavy atom. The Balaban J connectivity index is 1.44. The molecule has 196 valence electrons. The van der Waals surface area contributed by atoms with E-state index < -0.39 is 18.5 Å². The number of benzene rings is 1. The van der Waals surface area contributed by atoms with Crippen LogP contribution in [0.5, 0.6) is 5.75 Å². The maximum absolute atomic E-state index is 13.1. The number of unbranched alkanes of at least 4 members (excludes halogenated alkanes) is 2. The van der Waals surface area contributed by atoms with Gasteiger partial charge in [0, 0.05) is 0 Å². The van der Waals surface area contributed by atoms with Gasteiger partial charge in [-0.3, -0.25) is 0 Å². The zero-order valence-electron chi connectivity index (χ0n) is 21.9. The molecule has 2 aromatic rings. The summed E-state index contributed by atoms with van der Waals surface area (Å²) < 4.78 is 14.4. The summed E-state index contributed by atoms with van der Waals surface area (Å²) in [7, 11) is -0.895. The minimum atomic E-state index is -1.18. The Morgan fingerprint density at radius 3 is 2.78 bits per heavy atom. The Bertz CT molecular complexity index is 1310. The van der Waals surface area contributed by atoms with E-state index >= 15 is 0 Å². The zero-order chi connectivity index (χ0) is 26.9. The van der Waals surface area contributed by atoms with Gasteiger partial charge in [-0.05, 0) is 17.4 Å². The number of rotatable bonds is 9. The number of ether oxygens (including phenoxy) is 1. The smallest absolute Gasteiger partial charge is 0.0532 e. The summed E-state index contributed by atoms with van der Waals surface area (Å²) in [6, 6.07) is 5.78. The van der Waals surface area contributed by atoms with Crippen LogP contribution in [-0.4, -0.2) is 38.3 Å². The Hall–Kier alpha value is -2.28. The van der Waals surface area contributed by atoms with Gasteiger partial charge in [0.15, 0.2) is 0 Å². The minimum absolute atomic E-state index is 0.0647. The molecule has 7 nitrogen and oxygen atoms in total. The third-order valence-corrected chi connectivity index (χ3v) is 8.08. The average Bonchev–Trinajstić information content (AvgIpc) is 3.16. The number of nitrogens with zero attached hydrogens (tertiary/aromatic N) is 1. The van der Waals surface area contributed by atoms with E-state index in [4.69, 9.17) is 9.39 Å². The molecule has 0 saturated heterocycles. The Labute approximate surface area is 229 Å². The first-order chi connectivity index (χ1) is 17.5. The molecule has 2 N–H and O–H groups in total. The SMILES string of the molecule is CC[C@H]1OB(O)c2cc(OCCCCC=C3CCC(C)(C)n4cc(C(=O)O)c(=O)c([C](C)=[W])c43)ccc21.